The lowest BCUT2D eigenvalue weighted by Gasteiger charge is -2.05. The molecule has 0 saturated carbocycles. The van der Waals surface area contributed by atoms with Crippen LogP contribution in [0.15, 0.2) is 42.2 Å². The number of carboxylic acid groups (broad SMARTS) is 2. The number of carboxylic acids is 2. The van der Waals surface area contributed by atoms with Gasteiger partial charge in [0.05, 0.1) is 11.4 Å². The summed E-state index contributed by atoms with van der Waals surface area (Å²) in [5.41, 5.74) is 1.42. The Balaban J connectivity index is 2.45. The zero-order valence-electron chi connectivity index (χ0n) is 10.1. The first-order chi connectivity index (χ1) is 9.61. The average Bonchev–Trinajstić information content (AvgIpc) is 2.74. The molecule has 2 heterocycles. The maximum atomic E-state index is 11.3. The minimum atomic E-state index is -1.49. The SMILES string of the molecule is O=C(O)C(C(=O)O)=C1c2cccnc2-c2ncccc21. The molecule has 1 aliphatic carbocycles. The highest BCUT2D eigenvalue weighted by atomic mass is 16.4. The molecule has 0 bridgehead atoms. The Morgan fingerprint density at radius 2 is 1.30 bits per heavy atom. The van der Waals surface area contributed by atoms with Crippen molar-refractivity contribution < 1.29 is 19.8 Å². The highest BCUT2D eigenvalue weighted by Crippen LogP contribution is 2.43. The van der Waals surface area contributed by atoms with E-state index in [1.54, 1.807) is 36.7 Å². The zero-order chi connectivity index (χ0) is 14.3. The van der Waals surface area contributed by atoms with E-state index in [1.165, 1.54) is 0 Å². The topological polar surface area (TPSA) is 100 Å². The third-order valence-electron chi connectivity index (χ3n) is 3.06. The van der Waals surface area contributed by atoms with Crippen molar-refractivity contribution in [1.29, 1.82) is 0 Å². The zero-order valence-corrected chi connectivity index (χ0v) is 10.1. The molecule has 2 aromatic rings. The van der Waals surface area contributed by atoms with Crippen LogP contribution in [0, 0.1) is 0 Å². The number of rotatable bonds is 2. The van der Waals surface area contributed by atoms with Crippen molar-refractivity contribution in [3.8, 4) is 11.4 Å². The first-order valence-electron chi connectivity index (χ1n) is 5.73. The maximum absolute atomic E-state index is 11.3. The predicted molar refractivity (Wildman–Crippen MR) is 68.8 cm³/mol. The van der Waals surface area contributed by atoms with Crippen LogP contribution in [-0.4, -0.2) is 32.1 Å². The molecule has 6 heteroatoms. The largest absolute Gasteiger partial charge is 0.477 e. The van der Waals surface area contributed by atoms with Gasteiger partial charge in [0.2, 0.25) is 0 Å². The van der Waals surface area contributed by atoms with Crippen LogP contribution in [0.4, 0.5) is 0 Å². The van der Waals surface area contributed by atoms with Gasteiger partial charge in [-0.1, -0.05) is 12.1 Å². The molecule has 20 heavy (non-hydrogen) atoms. The second kappa shape index (κ2) is 4.27. The fraction of sp³-hybridized carbons (Fsp3) is 0. The van der Waals surface area contributed by atoms with Crippen molar-refractivity contribution in [3.05, 3.63) is 53.4 Å². The molecule has 0 spiro atoms. The van der Waals surface area contributed by atoms with Crippen LogP contribution in [0.2, 0.25) is 0 Å². The Morgan fingerprint density at radius 3 is 1.70 bits per heavy atom. The number of pyridine rings is 2. The van der Waals surface area contributed by atoms with Crippen LogP contribution in [0.25, 0.3) is 17.0 Å². The maximum Gasteiger partial charge on any atom is 0.343 e. The molecule has 0 fully saturated rings. The Hall–Kier alpha value is -3.02. The Kier molecular flexibility index (Phi) is 2.57. The molecule has 0 unspecified atom stereocenters. The van der Waals surface area contributed by atoms with Gasteiger partial charge in [-0.2, -0.15) is 0 Å². The second-order valence-corrected chi connectivity index (χ2v) is 4.16. The van der Waals surface area contributed by atoms with Crippen LogP contribution >= 0.6 is 0 Å². The lowest BCUT2D eigenvalue weighted by molar-refractivity contribution is -0.140. The summed E-state index contributed by atoms with van der Waals surface area (Å²) in [5, 5.41) is 18.4. The van der Waals surface area contributed by atoms with Gasteiger partial charge in [-0.3, -0.25) is 9.97 Å². The first kappa shape index (κ1) is 12.0. The van der Waals surface area contributed by atoms with Crippen LogP contribution in [0.5, 0.6) is 0 Å². The fourth-order valence-corrected chi connectivity index (χ4v) is 2.31. The van der Waals surface area contributed by atoms with Gasteiger partial charge in [0.1, 0.15) is 0 Å². The first-order valence-corrected chi connectivity index (χ1v) is 5.73. The highest BCUT2D eigenvalue weighted by molar-refractivity contribution is 6.23. The van der Waals surface area contributed by atoms with Gasteiger partial charge < -0.3 is 10.2 Å². The molecule has 1 aliphatic rings. The predicted octanol–water partition coefficient (Wildman–Crippen LogP) is 1.43. The van der Waals surface area contributed by atoms with E-state index < -0.39 is 17.5 Å². The second-order valence-electron chi connectivity index (χ2n) is 4.16. The molecular formula is C14H8N2O4. The summed E-state index contributed by atoms with van der Waals surface area (Å²) in [6.45, 7) is 0. The number of aromatic nitrogens is 2. The van der Waals surface area contributed by atoms with Crippen molar-refractivity contribution in [1.82, 2.24) is 9.97 Å². The quantitative estimate of drug-likeness (QED) is 0.414. The van der Waals surface area contributed by atoms with E-state index in [1.807, 2.05) is 0 Å². The summed E-state index contributed by atoms with van der Waals surface area (Å²) in [6, 6.07) is 6.55. The molecule has 98 valence electrons. The number of carbonyl (C=O) groups is 2. The van der Waals surface area contributed by atoms with Gasteiger partial charge in [-0.15, -0.1) is 0 Å². The van der Waals surface area contributed by atoms with Gasteiger partial charge in [-0.05, 0) is 12.1 Å². The van der Waals surface area contributed by atoms with Gasteiger partial charge in [0.25, 0.3) is 0 Å². The van der Waals surface area contributed by atoms with Crippen molar-refractivity contribution in [2.24, 2.45) is 0 Å². The molecule has 6 nitrogen and oxygen atoms in total. The summed E-state index contributed by atoms with van der Waals surface area (Å²) in [4.78, 5) is 30.9. The van der Waals surface area contributed by atoms with E-state index in [9.17, 15) is 19.8 Å². The van der Waals surface area contributed by atoms with Crippen LogP contribution in [0.1, 0.15) is 11.1 Å². The fourth-order valence-electron chi connectivity index (χ4n) is 2.31. The van der Waals surface area contributed by atoms with Gasteiger partial charge in [0.15, 0.2) is 5.57 Å². The highest BCUT2D eigenvalue weighted by Gasteiger charge is 2.33. The van der Waals surface area contributed by atoms with Crippen LogP contribution in [0.3, 0.4) is 0 Å². The van der Waals surface area contributed by atoms with Crippen molar-refractivity contribution in [2.75, 3.05) is 0 Å². The van der Waals surface area contributed by atoms with Crippen molar-refractivity contribution in [2.45, 2.75) is 0 Å². The van der Waals surface area contributed by atoms with E-state index >= 15 is 0 Å². The number of fused-ring (bicyclic) bond motifs is 3. The minimum Gasteiger partial charge on any atom is -0.477 e. The monoisotopic (exact) mass is 268 g/mol. The van der Waals surface area contributed by atoms with E-state index in [0.29, 0.717) is 22.5 Å². The van der Waals surface area contributed by atoms with Gasteiger partial charge in [0, 0.05) is 29.1 Å². The molecule has 0 amide bonds. The van der Waals surface area contributed by atoms with Gasteiger partial charge >= 0.3 is 11.9 Å². The van der Waals surface area contributed by atoms with Gasteiger partial charge in [-0.25, -0.2) is 9.59 Å². The Labute approximate surface area is 113 Å². The summed E-state index contributed by atoms with van der Waals surface area (Å²) < 4.78 is 0. The van der Waals surface area contributed by atoms with E-state index in [4.69, 9.17) is 0 Å². The summed E-state index contributed by atoms with van der Waals surface area (Å²) in [6.07, 6.45) is 3.11. The normalized spacial score (nSPS) is 11.7. The summed E-state index contributed by atoms with van der Waals surface area (Å²) in [7, 11) is 0. The summed E-state index contributed by atoms with van der Waals surface area (Å²) in [5.74, 6) is -2.97. The van der Waals surface area contributed by atoms with Crippen molar-refractivity contribution in [3.63, 3.8) is 0 Å². The molecule has 3 rings (SSSR count). The molecule has 2 aromatic heterocycles. The van der Waals surface area contributed by atoms with Crippen LogP contribution in [-0.2, 0) is 9.59 Å². The van der Waals surface area contributed by atoms with E-state index in [2.05, 4.69) is 9.97 Å². The Bertz CT molecular complexity index is 717. The van der Waals surface area contributed by atoms with E-state index in [-0.39, 0.29) is 5.57 Å². The number of nitrogens with zero attached hydrogens (tertiary/aromatic N) is 2. The standard InChI is InChI=1S/C14H8N2O4/c17-13(18)10(14(19)20)9-7-3-1-5-15-11(7)12-8(9)4-2-6-16-12/h1-6H,(H,17,18)(H,19,20). The smallest absolute Gasteiger partial charge is 0.343 e. The minimum absolute atomic E-state index is 0.149. The van der Waals surface area contributed by atoms with Crippen LogP contribution < -0.4 is 0 Å². The lowest BCUT2D eigenvalue weighted by atomic mass is 9.99. The Morgan fingerprint density at radius 1 is 0.850 bits per heavy atom. The molecule has 0 saturated heterocycles. The molecular weight excluding hydrogens is 260 g/mol. The molecule has 0 aromatic carbocycles. The average molecular weight is 268 g/mol. The van der Waals surface area contributed by atoms with Crippen molar-refractivity contribution >= 4 is 17.5 Å². The molecule has 0 aliphatic heterocycles. The third kappa shape index (κ3) is 1.58. The third-order valence-corrected chi connectivity index (χ3v) is 3.06. The molecule has 0 radical (unpaired) electrons. The molecule has 0 atom stereocenters. The number of hydrogen-bond acceptors (Lipinski definition) is 4. The summed E-state index contributed by atoms with van der Waals surface area (Å²) >= 11 is 0. The lowest BCUT2D eigenvalue weighted by Crippen LogP contribution is -2.13. The molecule has 2 N–H and O–H groups in total. The number of aliphatic carboxylic acids is 2. The number of hydrogen-bond donors (Lipinski definition) is 2. The van der Waals surface area contributed by atoms with E-state index in [0.717, 1.165) is 0 Å².